The van der Waals surface area contributed by atoms with Gasteiger partial charge in [-0.2, -0.15) is 5.26 Å². The van der Waals surface area contributed by atoms with Gasteiger partial charge in [-0.25, -0.2) is 0 Å². The van der Waals surface area contributed by atoms with Gasteiger partial charge in [0.1, 0.15) is 0 Å². The molecule has 3 aromatic rings. The molecule has 90 valence electrons. The van der Waals surface area contributed by atoms with Crippen molar-refractivity contribution in [1.82, 2.24) is 0 Å². The molecule has 0 saturated carbocycles. The molecule has 0 aliphatic rings. The van der Waals surface area contributed by atoms with Crippen LogP contribution in [-0.2, 0) is 0 Å². The monoisotopic (exact) mass is 355 g/mol. The van der Waals surface area contributed by atoms with Crippen LogP contribution in [0.2, 0.25) is 0 Å². The lowest BCUT2D eigenvalue weighted by Gasteiger charge is -2.08. The molecule has 0 aliphatic heterocycles. The molecule has 0 radical (unpaired) electrons. The van der Waals surface area contributed by atoms with E-state index >= 15 is 0 Å². The molecule has 0 heterocycles. The van der Waals surface area contributed by atoms with Gasteiger partial charge < -0.3 is 0 Å². The zero-order valence-corrected chi connectivity index (χ0v) is 12.3. The standard InChI is InChI=1S/C17H10IN/c18-14-6-1-4-12(10-14)15-7-3-8-16-13(11-19)5-2-9-17(15)16/h1-10H. The van der Waals surface area contributed by atoms with Crippen molar-refractivity contribution in [3.63, 3.8) is 0 Å². The zero-order valence-electron chi connectivity index (χ0n) is 10.1. The number of benzene rings is 3. The largest absolute Gasteiger partial charge is 0.192 e. The van der Waals surface area contributed by atoms with E-state index in [1.807, 2.05) is 24.3 Å². The lowest BCUT2D eigenvalue weighted by atomic mass is 9.96. The van der Waals surface area contributed by atoms with Crippen LogP contribution in [-0.4, -0.2) is 0 Å². The van der Waals surface area contributed by atoms with Crippen LogP contribution < -0.4 is 0 Å². The third kappa shape index (κ3) is 2.22. The van der Waals surface area contributed by atoms with E-state index < -0.39 is 0 Å². The van der Waals surface area contributed by atoms with Crippen molar-refractivity contribution in [2.45, 2.75) is 0 Å². The first kappa shape index (κ1) is 12.2. The van der Waals surface area contributed by atoms with Crippen LogP contribution in [0.4, 0.5) is 0 Å². The highest BCUT2D eigenvalue weighted by atomic mass is 127. The smallest absolute Gasteiger partial charge is 0.0998 e. The topological polar surface area (TPSA) is 23.8 Å². The molecular formula is C17H10IN. The molecule has 0 bridgehead atoms. The third-order valence-electron chi connectivity index (χ3n) is 3.18. The molecule has 19 heavy (non-hydrogen) atoms. The van der Waals surface area contributed by atoms with Crippen molar-refractivity contribution in [3.8, 4) is 17.2 Å². The molecule has 0 aliphatic carbocycles. The van der Waals surface area contributed by atoms with Gasteiger partial charge in [0.2, 0.25) is 0 Å². The average Bonchev–Trinajstić information content (AvgIpc) is 2.46. The van der Waals surface area contributed by atoms with Gasteiger partial charge >= 0.3 is 0 Å². The maximum absolute atomic E-state index is 9.19. The van der Waals surface area contributed by atoms with Crippen LogP contribution in [0, 0.1) is 14.9 Å². The summed E-state index contributed by atoms with van der Waals surface area (Å²) in [5.74, 6) is 0. The van der Waals surface area contributed by atoms with Gasteiger partial charge in [0.25, 0.3) is 0 Å². The Morgan fingerprint density at radius 1 is 0.842 bits per heavy atom. The van der Waals surface area contributed by atoms with Crippen molar-refractivity contribution in [3.05, 3.63) is 69.8 Å². The number of fused-ring (bicyclic) bond motifs is 1. The normalized spacial score (nSPS) is 10.3. The fraction of sp³-hybridized carbons (Fsp3) is 0. The van der Waals surface area contributed by atoms with Crippen LogP contribution in [0.3, 0.4) is 0 Å². The van der Waals surface area contributed by atoms with Crippen LogP contribution in [0.25, 0.3) is 21.9 Å². The maximum atomic E-state index is 9.19. The highest BCUT2D eigenvalue weighted by Gasteiger charge is 2.06. The Labute approximate surface area is 125 Å². The summed E-state index contributed by atoms with van der Waals surface area (Å²) < 4.78 is 1.21. The highest BCUT2D eigenvalue weighted by molar-refractivity contribution is 14.1. The first-order valence-corrected chi connectivity index (χ1v) is 7.05. The lowest BCUT2D eigenvalue weighted by molar-refractivity contribution is 1.50. The third-order valence-corrected chi connectivity index (χ3v) is 3.85. The highest BCUT2D eigenvalue weighted by Crippen LogP contribution is 2.30. The Morgan fingerprint density at radius 2 is 1.58 bits per heavy atom. The van der Waals surface area contributed by atoms with E-state index in [1.54, 1.807) is 0 Å². The minimum Gasteiger partial charge on any atom is -0.192 e. The van der Waals surface area contributed by atoms with E-state index in [2.05, 4.69) is 65.1 Å². The second kappa shape index (κ2) is 5.02. The minimum absolute atomic E-state index is 0.727. The molecule has 0 spiro atoms. The van der Waals surface area contributed by atoms with Crippen LogP contribution in [0.15, 0.2) is 60.7 Å². The quantitative estimate of drug-likeness (QED) is 0.565. The fourth-order valence-electron chi connectivity index (χ4n) is 2.32. The Balaban J connectivity index is 2.34. The molecule has 0 amide bonds. The number of halogens is 1. The Hall–Kier alpha value is -1.86. The van der Waals surface area contributed by atoms with Gasteiger partial charge in [-0.05, 0) is 57.3 Å². The van der Waals surface area contributed by atoms with Gasteiger partial charge in [-0.15, -0.1) is 0 Å². The van der Waals surface area contributed by atoms with Crippen LogP contribution in [0.5, 0.6) is 0 Å². The number of nitriles is 1. The lowest BCUT2D eigenvalue weighted by Crippen LogP contribution is -1.85. The van der Waals surface area contributed by atoms with Gasteiger partial charge in [0, 0.05) is 8.96 Å². The summed E-state index contributed by atoms with van der Waals surface area (Å²) in [6, 6.07) is 22.7. The van der Waals surface area contributed by atoms with Crippen molar-refractivity contribution < 1.29 is 0 Å². The van der Waals surface area contributed by atoms with Gasteiger partial charge in [0.05, 0.1) is 11.6 Å². The fourth-order valence-corrected chi connectivity index (χ4v) is 2.86. The van der Waals surface area contributed by atoms with Gasteiger partial charge in [-0.1, -0.05) is 42.5 Å². The summed E-state index contributed by atoms with van der Waals surface area (Å²) in [6.45, 7) is 0. The van der Waals surface area contributed by atoms with E-state index in [1.165, 1.54) is 14.7 Å². The molecule has 3 aromatic carbocycles. The SMILES string of the molecule is N#Cc1cccc2c(-c3cccc(I)c3)cccc12. The molecule has 0 saturated heterocycles. The molecule has 0 atom stereocenters. The summed E-state index contributed by atoms with van der Waals surface area (Å²) in [7, 11) is 0. The Kier molecular flexibility index (Phi) is 3.22. The first-order chi connectivity index (χ1) is 9.29. The van der Waals surface area contributed by atoms with Crippen molar-refractivity contribution in [1.29, 1.82) is 5.26 Å². The van der Waals surface area contributed by atoms with Gasteiger partial charge in [0.15, 0.2) is 0 Å². The molecule has 3 rings (SSSR count). The van der Waals surface area contributed by atoms with E-state index in [-0.39, 0.29) is 0 Å². The molecule has 0 fully saturated rings. The van der Waals surface area contributed by atoms with E-state index in [0.717, 1.165) is 16.3 Å². The number of hydrogen-bond acceptors (Lipinski definition) is 1. The summed E-state index contributed by atoms with van der Waals surface area (Å²) in [5, 5.41) is 11.3. The number of hydrogen-bond donors (Lipinski definition) is 0. The summed E-state index contributed by atoms with van der Waals surface area (Å²) in [4.78, 5) is 0. The first-order valence-electron chi connectivity index (χ1n) is 5.97. The number of nitrogens with zero attached hydrogens (tertiary/aromatic N) is 1. The Bertz CT molecular complexity index is 800. The second-order valence-corrected chi connectivity index (χ2v) is 5.57. The van der Waals surface area contributed by atoms with Crippen LogP contribution in [0.1, 0.15) is 5.56 Å². The summed E-state index contributed by atoms with van der Waals surface area (Å²) in [5.41, 5.74) is 3.09. The second-order valence-electron chi connectivity index (χ2n) is 4.33. The van der Waals surface area contributed by atoms with E-state index in [9.17, 15) is 5.26 Å². The molecular weight excluding hydrogens is 345 g/mol. The molecule has 0 N–H and O–H groups in total. The summed E-state index contributed by atoms with van der Waals surface area (Å²) >= 11 is 2.32. The van der Waals surface area contributed by atoms with E-state index in [0.29, 0.717) is 0 Å². The van der Waals surface area contributed by atoms with Crippen molar-refractivity contribution in [2.24, 2.45) is 0 Å². The van der Waals surface area contributed by atoms with Gasteiger partial charge in [-0.3, -0.25) is 0 Å². The molecule has 2 heteroatoms. The maximum Gasteiger partial charge on any atom is 0.0998 e. The molecule has 0 aromatic heterocycles. The molecule has 0 unspecified atom stereocenters. The molecule has 1 nitrogen and oxygen atoms in total. The predicted molar refractivity (Wildman–Crippen MR) is 86.8 cm³/mol. The van der Waals surface area contributed by atoms with E-state index in [4.69, 9.17) is 0 Å². The average molecular weight is 355 g/mol. The zero-order chi connectivity index (χ0) is 13.2. The van der Waals surface area contributed by atoms with Crippen molar-refractivity contribution >= 4 is 33.4 Å². The predicted octanol–water partition coefficient (Wildman–Crippen LogP) is 4.98. The van der Waals surface area contributed by atoms with Crippen molar-refractivity contribution in [2.75, 3.05) is 0 Å². The summed E-state index contributed by atoms with van der Waals surface area (Å²) in [6.07, 6.45) is 0. The Morgan fingerprint density at radius 3 is 2.37 bits per heavy atom. The van der Waals surface area contributed by atoms with Crippen LogP contribution >= 0.6 is 22.6 Å². The minimum atomic E-state index is 0.727. The number of rotatable bonds is 1.